The minimum absolute atomic E-state index is 0.277. The van der Waals surface area contributed by atoms with Gasteiger partial charge in [0.15, 0.2) is 0 Å². The van der Waals surface area contributed by atoms with Crippen molar-refractivity contribution in [3.8, 4) is 0 Å². The maximum atomic E-state index is 10.2. The van der Waals surface area contributed by atoms with E-state index in [0.717, 1.165) is 0 Å². The van der Waals surface area contributed by atoms with Gasteiger partial charge < -0.3 is 17.5 Å². The van der Waals surface area contributed by atoms with Crippen LogP contribution in [-0.4, -0.2) is 37.1 Å². The molecule has 0 radical (unpaired) electrons. The van der Waals surface area contributed by atoms with Gasteiger partial charge in [0.05, 0.1) is 0 Å². The SMILES string of the molecule is CCO[Si](C)(C)O[Si](O[Si](C)(C)O)(C(C)C)C(C)C. The van der Waals surface area contributed by atoms with Gasteiger partial charge in [0.2, 0.25) is 0 Å². The smallest absolute Gasteiger partial charge is 0.325 e. The third-order valence-electron chi connectivity index (χ3n) is 2.92. The van der Waals surface area contributed by atoms with Crippen LogP contribution < -0.4 is 0 Å². The predicted molar refractivity (Wildman–Crippen MR) is 86.9 cm³/mol. The first-order valence-corrected chi connectivity index (χ1v) is 14.8. The summed E-state index contributed by atoms with van der Waals surface area (Å²) in [5, 5.41) is 0. The maximum absolute atomic E-state index is 10.2. The molecular formula is C12H32O4Si3. The molecule has 0 aromatic carbocycles. The minimum atomic E-state index is -2.64. The molecule has 0 heterocycles. The van der Waals surface area contributed by atoms with Crippen LogP contribution in [-0.2, 0) is 12.7 Å². The van der Waals surface area contributed by atoms with Gasteiger partial charge in [-0.2, -0.15) is 0 Å². The Kier molecular flexibility index (Phi) is 7.15. The van der Waals surface area contributed by atoms with Crippen molar-refractivity contribution in [2.24, 2.45) is 0 Å². The van der Waals surface area contributed by atoms with Crippen molar-refractivity contribution in [3.63, 3.8) is 0 Å². The number of hydrogen-bond acceptors (Lipinski definition) is 4. The highest BCUT2D eigenvalue weighted by atomic mass is 28.5. The van der Waals surface area contributed by atoms with Gasteiger partial charge in [-0.25, -0.2) is 0 Å². The van der Waals surface area contributed by atoms with E-state index in [-0.39, 0.29) is 11.1 Å². The van der Waals surface area contributed by atoms with Crippen molar-refractivity contribution in [2.75, 3.05) is 6.61 Å². The van der Waals surface area contributed by atoms with Crippen molar-refractivity contribution in [1.82, 2.24) is 0 Å². The van der Waals surface area contributed by atoms with Crippen LogP contribution in [0.5, 0.6) is 0 Å². The second kappa shape index (κ2) is 6.97. The van der Waals surface area contributed by atoms with Gasteiger partial charge in [-0.3, -0.25) is 0 Å². The molecule has 7 heteroatoms. The molecule has 0 aliphatic heterocycles. The Morgan fingerprint density at radius 2 is 1.32 bits per heavy atom. The first-order chi connectivity index (χ1) is 8.36. The highest BCUT2D eigenvalue weighted by Crippen LogP contribution is 2.38. The summed E-state index contributed by atoms with van der Waals surface area (Å²) in [5.41, 5.74) is 0.553. The first-order valence-electron chi connectivity index (χ1n) is 7.13. The second-order valence-corrected chi connectivity index (χ2v) is 17.9. The zero-order chi connectivity index (χ0) is 15.5. The van der Waals surface area contributed by atoms with E-state index >= 15 is 0 Å². The molecule has 0 aromatic heterocycles. The van der Waals surface area contributed by atoms with Crippen LogP contribution in [0.15, 0.2) is 0 Å². The third-order valence-corrected chi connectivity index (χ3v) is 13.6. The Bertz CT molecular complexity index is 267. The topological polar surface area (TPSA) is 47.9 Å². The van der Waals surface area contributed by atoms with Gasteiger partial charge in [0.1, 0.15) is 0 Å². The molecule has 0 saturated carbocycles. The summed E-state index contributed by atoms with van der Waals surface area (Å²) in [6, 6.07) is 0. The monoisotopic (exact) mass is 324 g/mol. The van der Waals surface area contributed by atoms with Crippen molar-refractivity contribution < 1.29 is 17.5 Å². The minimum Gasteiger partial charge on any atom is -0.415 e. The van der Waals surface area contributed by atoms with Gasteiger partial charge >= 0.3 is 25.7 Å². The van der Waals surface area contributed by atoms with Crippen molar-refractivity contribution >= 4 is 25.7 Å². The van der Waals surface area contributed by atoms with E-state index in [9.17, 15) is 4.80 Å². The van der Waals surface area contributed by atoms with Crippen LogP contribution in [0.2, 0.25) is 37.3 Å². The fraction of sp³-hybridized carbons (Fsp3) is 1.00. The quantitative estimate of drug-likeness (QED) is 0.691. The van der Waals surface area contributed by atoms with Gasteiger partial charge in [-0.05, 0) is 44.2 Å². The maximum Gasteiger partial charge on any atom is 0.325 e. The van der Waals surface area contributed by atoms with Crippen LogP contribution in [0.4, 0.5) is 0 Å². The van der Waals surface area contributed by atoms with E-state index in [2.05, 4.69) is 40.8 Å². The number of rotatable bonds is 8. The highest BCUT2D eigenvalue weighted by molar-refractivity contribution is 6.86. The zero-order valence-electron chi connectivity index (χ0n) is 14.0. The molecule has 0 amide bonds. The summed E-state index contributed by atoms with van der Waals surface area (Å²) < 4.78 is 18.5. The lowest BCUT2D eigenvalue weighted by atomic mass is 10.5. The lowest BCUT2D eigenvalue weighted by Crippen LogP contribution is -2.60. The van der Waals surface area contributed by atoms with Crippen molar-refractivity contribution in [1.29, 1.82) is 0 Å². The largest absolute Gasteiger partial charge is 0.415 e. The molecule has 116 valence electrons. The van der Waals surface area contributed by atoms with Gasteiger partial charge in [0.25, 0.3) is 0 Å². The summed E-state index contributed by atoms with van der Waals surface area (Å²) in [4.78, 5) is 10.2. The van der Waals surface area contributed by atoms with Crippen LogP contribution in [0.25, 0.3) is 0 Å². The molecule has 0 bridgehead atoms. The Morgan fingerprint density at radius 1 is 0.895 bits per heavy atom. The molecule has 0 atom stereocenters. The summed E-state index contributed by atoms with van der Waals surface area (Å²) in [5.74, 6) is 0. The molecule has 0 saturated heterocycles. The molecular weight excluding hydrogens is 292 g/mol. The van der Waals surface area contributed by atoms with Crippen molar-refractivity contribution in [2.45, 2.75) is 71.9 Å². The molecule has 0 aromatic rings. The fourth-order valence-corrected chi connectivity index (χ4v) is 15.1. The lowest BCUT2D eigenvalue weighted by Gasteiger charge is -2.45. The zero-order valence-corrected chi connectivity index (χ0v) is 17.0. The van der Waals surface area contributed by atoms with E-state index in [1.54, 1.807) is 13.1 Å². The van der Waals surface area contributed by atoms with E-state index < -0.39 is 25.7 Å². The van der Waals surface area contributed by atoms with Gasteiger partial charge in [-0.1, -0.05) is 27.7 Å². The Morgan fingerprint density at radius 3 is 1.58 bits per heavy atom. The van der Waals surface area contributed by atoms with E-state index in [0.29, 0.717) is 6.61 Å². The van der Waals surface area contributed by atoms with Gasteiger partial charge in [0, 0.05) is 6.61 Å². The molecule has 0 aliphatic carbocycles. The molecule has 1 N–H and O–H groups in total. The molecule has 0 spiro atoms. The summed E-state index contributed by atoms with van der Waals surface area (Å²) >= 11 is 0. The standard InChI is InChI=1S/C12H32O4Si3/c1-10-14-18(8,9)16-19(11(2)3,12(4)5)15-17(6,7)13/h11-13H,10H2,1-9H3. The summed E-state index contributed by atoms with van der Waals surface area (Å²) in [6.07, 6.45) is 0. The Hall–Kier alpha value is 0.491. The van der Waals surface area contributed by atoms with Crippen LogP contribution in [0.1, 0.15) is 34.6 Å². The van der Waals surface area contributed by atoms with Crippen LogP contribution in [0.3, 0.4) is 0 Å². The highest BCUT2D eigenvalue weighted by Gasteiger charge is 2.52. The molecule has 0 aliphatic rings. The Labute approximate surface area is 122 Å². The summed E-state index contributed by atoms with van der Waals surface area (Å²) in [7, 11) is -7.36. The van der Waals surface area contributed by atoms with Gasteiger partial charge in [-0.15, -0.1) is 0 Å². The molecule has 0 unspecified atom stereocenters. The molecule has 0 rings (SSSR count). The predicted octanol–water partition coefficient (Wildman–Crippen LogP) is 3.71. The lowest BCUT2D eigenvalue weighted by molar-refractivity contribution is 0.219. The number of hydrogen-bond donors (Lipinski definition) is 1. The first kappa shape index (κ1) is 19.5. The van der Waals surface area contributed by atoms with Crippen molar-refractivity contribution in [3.05, 3.63) is 0 Å². The molecule has 0 fully saturated rings. The fourth-order valence-electron chi connectivity index (χ4n) is 2.31. The molecule has 19 heavy (non-hydrogen) atoms. The third kappa shape index (κ3) is 6.19. The normalized spacial score (nSPS) is 14.5. The summed E-state index contributed by atoms with van der Waals surface area (Å²) in [6.45, 7) is 18.9. The van der Waals surface area contributed by atoms with Crippen LogP contribution in [0, 0.1) is 0 Å². The van der Waals surface area contributed by atoms with E-state index in [4.69, 9.17) is 12.7 Å². The second-order valence-electron chi connectivity index (χ2n) is 6.51. The van der Waals surface area contributed by atoms with Crippen LogP contribution >= 0.6 is 0 Å². The van der Waals surface area contributed by atoms with E-state index in [1.807, 2.05) is 6.92 Å². The Balaban J connectivity index is 5.37. The van der Waals surface area contributed by atoms with E-state index in [1.165, 1.54) is 0 Å². The average molecular weight is 325 g/mol. The molecule has 4 nitrogen and oxygen atoms in total. The average Bonchev–Trinajstić information content (AvgIpc) is 2.12.